The molecule has 0 amide bonds. The van der Waals surface area contributed by atoms with Crippen molar-refractivity contribution in [3.05, 3.63) is 78.9 Å². The van der Waals surface area contributed by atoms with Crippen LogP contribution in [0.5, 0.6) is 5.75 Å². The summed E-state index contributed by atoms with van der Waals surface area (Å²) in [5.41, 5.74) is 3.05. The van der Waals surface area contributed by atoms with E-state index in [0.29, 0.717) is 6.61 Å². The molecule has 0 aliphatic heterocycles. The van der Waals surface area contributed by atoms with E-state index in [-0.39, 0.29) is 6.61 Å². The summed E-state index contributed by atoms with van der Waals surface area (Å²) < 4.78 is 5.59. The first-order valence-electron chi connectivity index (χ1n) is 9.16. The third kappa shape index (κ3) is 6.41. The van der Waals surface area contributed by atoms with Gasteiger partial charge in [-0.15, -0.1) is 0 Å². The van der Waals surface area contributed by atoms with Crippen LogP contribution in [0.15, 0.2) is 99.3 Å². The van der Waals surface area contributed by atoms with Gasteiger partial charge in [0.15, 0.2) is 0 Å². The van der Waals surface area contributed by atoms with Gasteiger partial charge in [-0.05, 0) is 73.5 Å². The van der Waals surface area contributed by atoms with Gasteiger partial charge < -0.3 is 9.84 Å². The molecule has 3 rings (SSSR count). The molecule has 0 fully saturated rings. The first-order valence-corrected chi connectivity index (χ1v) is 9.16. The molecule has 28 heavy (non-hydrogen) atoms. The lowest BCUT2D eigenvalue weighted by Gasteiger charge is -2.05. The Bertz CT molecular complexity index is 892. The summed E-state index contributed by atoms with van der Waals surface area (Å²) in [6.07, 6.45) is 1.58. The maximum absolute atomic E-state index is 8.75. The fourth-order valence-electron chi connectivity index (χ4n) is 2.32. The Balaban J connectivity index is 1.53. The van der Waals surface area contributed by atoms with Gasteiger partial charge in [0.05, 0.1) is 29.4 Å². The zero-order valence-corrected chi connectivity index (χ0v) is 15.5. The molecule has 3 aromatic rings. The van der Waals surface area contributed by atoms with E-state index in [2.05, 4.69) is 20.5 Å². The lowest BCUT2D eigenvalue weighted by Crippen LogP contribution is -1.98. The molecule has 0 heterocycles. The molecular formula is C22H22N4O2. The highest BCUT2D eigenvalue weighted by molar-refractivity contribution is 5.48. The van der Waals surface area contributed by atoms with Crippen molar-refractivity contribution in [2.75, 3.05) is 13.2 Å². The van der Waals surface area contributed by atoms with Crippen LogP contribution >= 0.6 is 0 Å². The van der Waals surface area contributed by atoms with E-state index >= 15 is 0 Å². The maximum Gasteiger partial charge on any atom is 0.119 e. The molecule has 6 heteroatoms. The number of rotatable bonds is 9. The third-order valence-corrected chi connectivity index (χ3v) is 3.83. The van der Waals surface area contributed by atoms with Crippen LogP contribution in [-0.2, 0) is 0 Å². The number of aliphatic hydroxyl groups is 1. The topological polar surface area (TPSA) is 78.9 Å². The molecule has 0 aromatic heterocycles. The fraction of sp³-hybridized carbons (Fsp3) is 0.182. The number of hydrogen-bond acceptors (Lipinski definition) is 6. The summed E-state index contributed by atoms with van der Waals surface area (Å²) >= 11 is 0. The van der Waals surface area contributed by atoms with Crippen molar-refractivity contribution in [1.29, 1.82) is 0 Å². The number of ether oxygens (including phenoxy) is 1. The minimum absolute atomic E-state index is 0.194. The molecule has 0 radical (unpaired) electrons. The Kier molecular flexibility index (Phi) is 7.40. The minimum Gasteiger partial charge on any atom is -0.494 e. The van der Waals surface area contributed by atoms with Gasteiger partial charge >= 0.3 is 0 Å². The van der Waals surface area contributed by atoms with E-state index in [0.717, 1.165) is 41.3 Å². The lowest BCUT2D eigenvalue weighted by atomic mass is 10.3. The maximum atomic E-state index is 8.75. The fourth-order valence-corrected chi connectivity index (χ4v) is 2.32. The number of benzene rings is 3. The number of nitrogens with zero attached hydrogens (tertiary/aromatic N) is 4. The van der Waals surface area contributed by atoms with Gasteiger partial charge in [-0.3, -0.25) is 0 Å². The summed E-state index contributed by atoms with van der Waals surface area (Å²) in [6.45, 7) is 0.787. The highest BCUT2D eigenvalue weighted by atomic mass is 16.5. The zero-order chi connectivity index (χ0) is 19.4. The van der Waals surface area contributed by atoms with Crippen LogP contribution in [0.25, 0.3) is 0 Å². The number of azo groups is 2. The average molecular weight is 374 g/mol. The standard InChI is InChI=1S/C22H22N4O2/c27-16-4-5-17-28-22-14-12-21(13-15-22)26-25-20-10-8-19(9-11-20)24-23-18-6-2-1-3-7-18/h1-3,6-15,27H,4-5,16-17H2. The Morgan fingerprint density at radius 2 is 1.04 bits per heavy atom. The van der Waals surface area contributed by atoms with Crippen LogP contribution in [0.3, 0.4) is 0 Å². The van der Waals surface area contributed by atoms with Crippen molar-refractivity contribution in [1.82, 2.24) is 0 Å². The van der Waals surface area contributed by atoms with E-state index in [9.17, 15) is 0 Å². The number of hydrogen-bond donors (Lipinski definition) is 1. The Morgan fingerprint density at radius 3 is 1.54 bits per heavy atom. The highest BCUT2D eigenvalue weighted by Gasteiger charge is 1.96. The SMILES string of the molecule is OCCCCOc1ccc(N=Nc2ccc(N=Nc3ccccc3)cc2)cc1. The molecule has 0 aliphatic rings. The summed E-state index contributed by atoms with van der Waals surface area (Å²) in [7, 11) is 0. The largest absolute Gasteiger partial charge is 0.494 e. The van der Waals surface area contributed by atoms with Crippen LogP contribution < -0.4 is 4.74 Å². The molecule has 0 unspecified atom stereocenters. The molecule has 1 N–H and O–H groups in total. The highest BCUT2D eigenvalue weighted by Crippen LogP contribution is 2.24. The van der Waals surface area contributed by atoms with Gasteiger partial charge in [-0.25, -0.2) is 0 Å². The second-order valence-corrected chi connectivity index (χ2v) is 6.03. The molecule has 0 saturated heterocycles. The molecule has 0 saturated carbocycles. The smallest absolute Gasteiger partial charge is 0.119 e. The summed E-state index contributed by atoms with van der Waals surface area (Å²) in [6, 6.07) is 24.4. The summed E-state index contributed by atoms with van der Waals surface area (Å²) in [5, 5.41) is 25.6. The Hall–Kier alpha value is -3.38. The molecule has 0 aliphatic carbocycles. The Morgan fingerprint density at radius 1 is 0.571 bits per heavy atom. The molecule has 0 bridgehead atoms. The zero-order valence-electron chi connectivity index (χ0n) is 15.5. The molecule has 142 valence electrons. The normalized spacial score (nSPS) is 11.3. The van der Waals surface area contributed by atoms with Crippen molar-refractivity contribution in [2.45, 2.75) is 12.8 Å². The minimum atomic E-state index is 0.194. The van der Waals surface area contributed by atoms with Gasteiger partial charge in [-0.1, -0.05) is 18.2 Å². The first-order chi connectivity index (χ1) is 13.8. The van der Waals surface area contributed by atoms with Crippen LogP contribution in [-0.4, -0.2) is 18.3 Å². The van der Waals surface area contributed by atoms with Crippen LogP contribution in [0.4, 0.5) is 22.7 Å². The summed E-state index contributed by atoms with van der Waals surface area (Å²) in [4.78, 5) is 0. The predicted octanol–water partition coefficient (Wildman–Crippen LogP) is 6.67. The van der Waals surface area contributed by atoms with E-state index in [4.69, 9.17) is 9.84 Å². The molecule has 0 spiro atoms. The van der Waals surface area contributed by atoms with E-state index in [1.54, 1.807) is 0 Å². The molecular weight excluding hydrogens is 352 g/mol. The van der Waals surface area contributed by atoms with Crippen LogP contribution in [0, 0.1) is 0 Å². The average Bonchev–Trinajstić information content (AvgIpc) is 2.76. The van der Waals surface area contributed by atoms with Crippen LogP contribution in [0.2, 0.25) is 0 Å². The van der Waals surface area contributed by atoms with Crippen molar-refractivity contribution < 1.29 is 9.84 Å². The molecule has 6 nitrogen and oxygen atoms in total. The Labute approximate surface area is 164 Å². The van der Waals surface area contributed by atoms with Crippen molar-refractivity contribution in [3.63, 3.8) is 0 Å². The first kappa shape index (κ1) is 19.4. The van der Waals surface area contributed by atoms with Gasteiger partial charge in [0.25, 0.3) is 0 Å². The van der Waals surface area contributed by atoms with Gasteiger partial charge in [-0.2, -0.15) is 20.5 Å². The second kappa shape index (κ2) is 10.7. The molecule has 0 atom stereocenters. The van der Waals surface area contributed by atoms with Gasteiger partial charge in [0.2, 0.25) is 0 Å². The van der Waals surface area contributed by atoms with Crippen LogP contribution in [0.1, 0.15) is 12.8 Å². The third-order valence-electron chi connectivity index (χ3n) is 3.83. The van der Waals surface area contributed by atoms with E-state index < -0.39 is 0 Å². The van der Waals surface area contributed by atoms with E-state index in [1.807, 2.05) is 78.9 Å². The van der Waals surface area contributed by atoms with Crippen molar-refractivity contribution in [3.8, 4) is 5.75 Å². The number of unbranched alkanes of at least 4 members (excludes halogenated alkanes) is 1. The summed E-state index contributed by atoms with van der Waals surface area (Å²) in [5.74, 6) is 0.782. The number of aliphatic hydroxyl groups excluding tert-OH is 1. The van der Waals surface area contributed by atoms with E-state index in [1.165, 1.54) is 0 Å². The van der Waals surface area contributed by atoms with Gasteiger partial charge in [0.1, 0.15) is 5.75 Å². The molecule has 3 aromatic carbocycles. The van der Waals surface area contributed by atoms with Gasteiger partial charge in [0, 0.05) is 6.61 Å². The van der Waals surface area contributed by atoms with Crippen molar-refractivity contribution in [2.24, 2.45) is 20.5 Å². The van der Waals surface area contributed by atoms with Crippen molar-refractivity contribution >= 4 is 22.7 Å². The lowest BCUT2D eigenvalue weighted by molar-refractivity contribution is 0.253. The predicted molar refractivity (Wildman–Crippen MR) is 109 cm³/mol. The monoisotopic (exact) mass is 374 g/mol. The second-order valence-electron chi connectivity index (χ2n) is 6.03. The quantitative estimate of drug-likeness (QED) is 0.335.